The van der Waals surface area contributed by atoms with Crippen molar-refractivity contribution in [3.05, 3.63) is 47.9 Å². The Balaban J connectivity index is 2.11. The molecule has 0 atom stereocenters. The zero-order valence-electron chi connectivity index (χ0n) is 9.59. The summed E-state index contributed by atoms with van der Waals surface area (Å²) in [5.41, 5.74) is 1.74. The van der Waals surface area contributed by atoms with Gasteiger partial charge in [0.2, 0.25) is 0 Å². The first kappa shape index (κ1) is 11.3. The molecular formula is C13H8FN3O2. The molecule has 0 aliphatic heterocycles. The number of carboxylic acids is 1. The maximum absolute atomic E-state index is 12.8. The highest BCUT2D eigenvalue weighted by Gasteiger charge is 2.09. The van der Waals surface area contributed by atoms with E-state index in [9.17, 15) is 9.18 Å². The number of imidazole rings is 1. The molecule has 0 saturated heterocycles. The molecule has 0 unspecified atom stereocenters. The predicted molar refractivity (Wildman–Crippen MR) is 66.2 cm³/mol. The third-order valence-electron chi connectivity index (χ3n) is 2.70. The Kier molecular flexibility index (Phi) is 2.49. The summed E-state index contributed by atoms with van der Waals surface area (Å²) in [4.78, 5) is 22.0. The largest absolute Gasteiger partial charge is 0.478 e. The van der Waals surface area contributed by atoms with Crippen LogP contribution in [0.2, 0.25) is 0 Å². The Morgan fingerprint density at radius 2 is 2.00 bits per heavy atom. The van der Waals surface area contributed by atoms with E-state index in [1.165, 1.54) is 24.4 Å². The fourth-order valence-corrected chi connectivity index (χ4v) is 1.76. The average molecular weight is 257 g/mol. The first-order valence-corrected chi connectivity index (χ1v) is 5.48. The number of hydrogen-bond acceptors (Lipinski definition) is 3. The van der Waals surface area contributed by atoms with Crippen molar-refractivity contribution in [2.75, 3.05) is 0 Å². The Morgan fingerprint density at radius 1 is 1.26 bits per heavy atom. The lowest BCUT2D eigenvalue weighted by Crippen LogP contribution is -1.96. The van der Waals surface area contributed by atoms with E-state index in [2.05, 4.69) is 15.0 Å². The van der Waals surface area contributed by atoms with E-state index in [0.717, 1.165) is 0 Å². The number of nitrogens with one attached hydrogen (secondary N) is 1. The Morgan fingerprint density at radius 3 is 2.68 bits per heavy atom. The quantitative estimate of drug-likeness (QED) is 0.739. The lowest BCUT2D eigenvalue weighted by molar-refractivity contribution is 0.0696. The van der Waals surface area contributed by atoms with Gasteiger partial charge in [0.15, 0.2) is 5.65 Å². The number of aromatic amines is 1. The molecule has 3 rings (SSSR count). The number of pyridine rings is 1. The fourth-order valence-electron chi connectivity index (χ4n) is 1.76. The van der Waals surface area contributed by atoms with Crippen LogP contribution in [0, 0.1) is 5.82 Å². The van der Waals surface area contributed by atoms with Gasteiger partial charge in [0.05, 0.1) is 11.1 Å². The molecule has 3 aromatic rings. The second-order valence-corrected chi connectivity index (χ2v) is 3.99. The van der Waals surface area contributed by atoms with E-state index >= 15 is 0 Å². The molecule has 6 heteroatoms. The molecule has 5 nitrogen and oxygen atoms in total. The van der Waals surface area contributed by atoms with Crippen molar-refractivity contribution in [1.29, 1.82) is 0 Å². The molecule has 0 aliphatic carbocycles. The monoisotopic (exact) mass is 257 g/mol. The van der Waals surface area contributed by atoms with E-state index in [4.69, 9.17) is 5.11 Å². The molecule has 0 bridgehead atoms. The van der Waals surface area contributed by atoms with Crippen molar-refractivity contribution in [3.63, 3.8) is 0 Å². The standard InChI is InChI=1S/C13H8FN3O2/c14-9-3-1-7(2-4-9)11-16-10-5-8(13(18)19)6-15-12(10)17-11/h1-6H,(H,18,19)(H,15,16,17). The van der Waals surface area contributed by atoms with Crippen molar-refractivity contribution in [2.24, 2.45) is 0 Å². The van der Waals surface area contributed by atoms with Gasteiger partial charge in [-0.3, -0.25) is 0 Å². The highest BCUT2D eigenvalue weighted by atomic mass is 19.1. The summed E-state index contributed by atoms with van der Waals surface area (Å²) in [6.07, 6.45) is 1.25. The van der Waals surface area contributed by atoms with E-state index in [-0.39, 0.29) is 11.4 Å². The Bertz CT molecular complexity index is 765. The van der Waals surface area contributed by atoms with Crippen molar-refractivity contribution >= 4 is 17.1 Å². The molecule has 94 valence electrons. The van der Waals surface area contributed by atoms with Gasteiger partial charge in [0.1, 0.15) is 11.6 Å². The molecule has 0 spiro atoms. The number of hydrogen-bond donors (Lipinski definition) is 2. The second-order valence-electron chi connectivity index (χ2n) is 3.99. The van der Waals surface area contributed by atoms with Crippen LogP contribution in [0.15, 0.2) is 36.5 Å². The van der Waals surface area contributed by atoms with E-state index in [1.54, 1.807) is 12.1 Å². The smallest absolute Gasteiger partial charge is 0.337 e. The minimum Gasteiger partial charge on any atom is -0.478 e. The summed E-state index contributed by atoms with van der Waals surface area (Å²) >= 11 is 0. The lowest BCUT2D eigenvalue weighted by atomic mass is 10.2. The summed E-state index contributed by atoms with van der Waals surface area (Å²) in [6, 6.07) is 7.30. The summed E-state index contributed by atoms with van der Waals surface area (Å²) < 4.78 is 12.8. The Hall–Kier alpha value is -2.76. The van der Waals surface area contributed by atoms with Crippen molar-refractivity contribution < 1.29 is 14.3 Å². The predicted octanol–water partition coefficient (Wildman–Crippen LogP) is 2.46. The number of carboxylic acid groups (broad SMARTS) is 1. The number of nitrogens with zero attached hydrogens (tertiary/aromatic N) is 2. The first-order valence-electron chi connectivity index (χ1n) is 5.48. The SMILES string of the molecule is O=C(O)c1cnc2nc(-c3ccc(F)cc3)[nH]c2c1. The van der Waals surface area contributed by atoms with Gasteiger partial charge in [0, 0.05) is 11.8 Å². The van der Waals surface area contributed by atoms with Crippen molar-refractivity contribution in [2.45, 2.75) is 0 Å². The van der Waals surface area contributed by atoms with Crippen LogP contribution in [-0.2, 0) is 0 Å². The first-order chi connectivity index (χ1) is 9.13. The van der Waals surface area contributed by atoms with E-state index in [0.29, 0.717) is 22.6 Å². The van der Waals surface area contributed by atoms with Gasteiger partial charge < -0.3 is 10.1 Å². The van der Waals surface area contributed by atoms with E-state index < -0.39 is 5.97 Å². The van der Waals surface area contributed by atoms with Gasteiger partial charge in [0.25, 0.3) is 0 Å². The molecule has 0 radical (unpaired) electrons. The van der Waals surface area contributed by atoms with Crippen molar-refractivity contribution in [1.82, 2.24) is 15.0 Å². The normalized spacial score (nSPS) is 10.8. The zero-order valence-corrected chi connectivity index (χ0v) is 9.59. The minimum absolute atomic E-state index is 0.0850. The molecule has 0 amide bonds. The fraction of sp³-hybridized carbons (Fsp3) is 0. The molecule has 2 N–H and O–H groups in total. The number of aromatic carboxylic acids is 1. The zero-order chi connectivity index (χ0) is 13.4. The van der Waals surface area contributed by atoms with Gasteiger partial charge in [-0.25, -0.2) is 19.2 Å². The van der Waals surface area contributed by atoms with Crippen LogP contribution in [0.5, 0.6) is 0 Å². The van der Waals surface area contributed by atoms with Crippen LogP contribution < -0.4 is 0 Å². The van der Waals surface area contributed by atoms with Crippen LogP contribution in [0.4, 0.5) is 4.39 Å². The third kappa shape index (κ3) is 2.03. The van der Waals surface area contributed by atoms with Gasteiger partial charge in [-0.2, -0.15) is 0 Å². The van der Waals surface area contributed by atoms with Crippen molar-refractivity contribution in [3.8, 4) is 11.4 Å². The highest BCUT2D eigenvalue weighted by Crippen LogP contribution is 2.20. The molecule has 19 heavy (non-hydrogen) atoms. The number of aromatic nitrogens is 3. The topological polar surface area (TPSA) is 78.9 Å². The van der Waals surface area contributed by atoms with Crippen LogP contribution in [0.1, 0.15) is 10.4 Å². The molecule has 0 saturated carbocycles. The van der Waals surface area contributed by atoms with Gasteiger partial charge in [-0.15, -0.1) is 0 Å². The summed E-state index contributed by atoms with van der Waals surface area (Å²) in [6.45, 7) is 0. The average Bonchev–Trinajstić information content (AvgIpc) is 2.82. The molecule has 0 fully saturated rings. The number of fused-ring (bicyclic) bond motifs is 1. The number of halogens is 1. The number of H-pyrrole nitrogens is 1. The number of rotatable bonds is 2. The lowest BCUT2D eigenvalue weighted by Gasteiger charge is -1.94. The number of carbonyl (C=O) groups is 1. The summed E-state index contributed by atoms with van der Waals surface area (Å²) in [7, 11) is 0. The molecule has 2 aromatic heterocycles. The molecule has 1 aromatic carbocycles. The summed E-state index contributed by atoms with van der Waals surface area (Å²) in [5.74, 6) is -0.858. The molecule has 2 heterocycles. The molecule has 0 aliphatic rings. The van der Waals surface area contributed by atoms with Crippen LogP contribution in [0.25, 0.3) is 22.6 Å². The Labute approximate surface area is 106 Å². The van der Waals surface area contributed by atoms with Gasteiger partial charge in [-0.05, 0) is 30.3 Å². The second kappa shape index (κ2) is 4.16. The minimum atomic E-state index is -1.05. The van der Waals surface area contributed by atoms with Crippen LogP contribution >= 0.6 is 0 Å². The van der Waals surface area contributed by atoms with Crippen LogP contribution in [-0.4, -0.2) is 26.0 Å². The highest BCUT2D eigenvalue weighted by molar-refractivity contribution is 5.91. The molecular weight excluding hydrogens is 249 g/mol. The maximum atomic E-state index is 12.8. The maximum Gasteiger partial charge on any atom is 0.337 e. The van der Waals surface area contributed by atoms with Gasteiger partial charge in [-0.1, -0.05) is 0 Å². The van der Waals surface area contributed by atoms with E-state index in [1.807, 2.05) is 0 Å². The third-order valence-corrected chi connectivity index (χ3v) is 2.70. The van der Waals surface area contributed by atoms with Crippen LogP contribution in [0.3, 0.4) is 0 Å². The number of benzene rings is 1. The summed E-state index contributed by atoms with van der Waals surface area (Å²) in [5, 5.41) is 8.88. The van der Waals surface area contributed by atoms with Gasteiger partial charge >= 0.3 is 5.97 Å².